The van der Waals surface area contributed by atoms with Gasteiger partial charge in [0.1, 0.15) is 0 Å². The highest BCUT2D eigenvalue weighted by molar-refractivity contribution is 7.89. The molecule has 2 aromatic carbocycles. The lowest BCUT2D eigenvalue weighted by Crippen LogP contribution is -2.33. The van der Waals surface area contributed by atoms with Gasteiger partial charge >= 0.3 is 5.97 Å². The molecule has 2 N–H and O–H groups in total. The fourth-order valence-electron chi connectivity index (χ4n) is 2.07. The van der Waals surface area contributed by atoms with E-state index in [4.69, 9.17) is 5.11 Å². The first-order valence-corrected chi connectivity index (χ1v) is 8.10. The van der Waals surface area contributed by atoms with Gasteiger partial charge in [0, 0.05) is 12.5 Å². The molecule has 2 rings (SSSR count). The summed E-state index contributed by atoms with van der Waals surface area (Å²) in [6.07, 6.45) is 0.184. The predicted octanol–water partition coefficient (Wildman–Crippen LogP) is 2.37. The Morgan fingerprint density at radius 1 is 1.19 bits per heavy atom. The molecular weight excluding hydrogens is 290 g/mol. The second-order valence-electron chi connectivity index (χ2n) is 4.96. The van der Waals surface area contributed by atoms with E-state index in [1.54, 1.807) is 25.1 Å². The number of rotatable bonds is 6. The van der Waals surface area contributed by atoms with Crippen LogP contribution in [0.15, 0.2) is 47.4 Å². The summed E-state index contributed by atoms with van der Waals surface area (Å²) in [5.41, 5.74) is 0. The smallest absolute Gasteiger partial charge is 0.303 e. The van der Waals surface area contributed by atoms with Crippen LogP contribution in [0.1, 0.15) is 19.8 Å². The predicted molar refractivity (Wildman–Crippen MR) is 80.6 cm³/mol. The number of carboxylic acids is 1. The molecular formula is C15H17NO4S. The summed E-state index contributed by atoms with van der Waals surface area (Å²) in [6.45, 7) is 1.65. The van der Waals surface area contributed by atoms with Crippen LogP contribution in [0, 0.1) is 0 Å². The van der Waals surface area contributed by atoms with Crippen molar-refractivity contribution in [2.75, 3.05) is 0 Å². The number of hydrogen-bond donors (Lipinski definition) is 2. The number of benzene rings is 2. The highest BCUT2D eigenvalue weighted by atomic mass is 32.2. The van der Waals surface area contributed by atoms with E-state index in [1.165, 1.54) is 0 Å². The van der Waals surface area contributed by atoms with Gasteiger partial charge in [-0.2, -0.15) is 0 Å². The van der Waals surface area contributed by atoms with Crippen LogP contribution >= 0.6 is 0 Å². The maximum absolute atomic E-state index is 12.3. The maximum atomic E-state index is 12.3. The maximum Gasteiger partial charge on any atom is 0.303 e. The Morgan fingerprint density at radius 3 is 2.52 bits per heavy atom. The molecule has 0 aliphatic heterocycles. The van der Waals surface area contributed by atoms with Crippen LogP contribution in [-0.4, -0.2) is 25.5 Å². The van der Waals surface area contributed by atoms with Gasteiger partial charge in [0.15, 0.2) is 0 Å². The Hall–Kier alpha value is -1.92. The molecule has 0 spiro atoms. The lowest BCUT2D eigenvalue weighted by molar-refractivity contribution is -0.137. The number of hydrogen-bond acceptors (Lipinski definition) is 3. The van der Waals surface area contributed by atoms with E-state index < -0.39 is 22.0 Å². The molecule has 6 heteroatoms. The molecule has 5 nitrogen and oxygen atoms in total. The van der Waals surface area contributed by atoms with Gasteiger partial charge in [0.05, 0.1) is 4.90 Å². The van der Waals surface area contributed by atoms with Crippen LogP contribution in [0.4, 0.5) is 0 Å². The summed E-state index contributed by atoms with van der Waals surface area (Å²) in [4.78, 5) is 10.7. The molecule has 0 aliphatic carbocycles. The van der Waals surface area contributed by atoms with Gasteiger partial charge in [-0.1, -0.05) is 30.3 Å². The molecule has 1 atom stereocenters. The van der Waals surface area contributed by atoms with Crippen LogP contribution in [0.2, 0.25) is 0 Å². The first kappa shape index (κ1) is 15.5. The molecule has 0 radical (unpaired) electrons. The first-order chi connectivity index (χ1) is 9.88. The lowest BCUT2D eigenvalue weighted by Gasteiger charge is -2.13. The van der Waals surface area contributed by atoms with Crippen LogP contribution in [-0.2, 0) is 14.8 Å². The summed E-state index contributed by atoms with van der Waals surface area (Å²) >= 11 is 0. The molecule has 0 aromatic heterocycles. The number of carbonyl (C=O) groups is 1. The molecule has 0 heterocycles. The minimum Gasteiger partial charge on any atom is -0.481 e. The Bertz CT molecular complexity index is 755. The summed E-state index contributed by atoms with van der Waals surface area (Å²) in [6, 6.07) is 12.0. The zero-order valence-electron chi connectivity index (χ0n) is 11.6. The van der Waals surface area contributed by atoms with Crippen molar-refractivity contribution in [1.29, 1.82) is 0 Å². The fraction of sp³-hybridized carbons (Fsp3) is 0.267. The molecule has 0 saturated carbocycles. The Morgan fingerprint density at radius 2 is 1.86 bits per heavy atom. The zero-order valence-corrected chi connectivity index (χ0v) is 12.4. The second kappa shape index (κ2) is 6.24. The van der Waals surface area contributed by atoms with Gasteiger partial charge in [-0.3, -0.25) is 4.79 Å². The first-order valence-electron chi connectivity index (χ1n) is 6.61. The largest absolute Gasteiger partial charge is 0.481 e. The third-order valence-corrected chi connectivity index (χ3v) is 4.77. The molecule has 0 aliphatic rings. The molecule has 0 saturated heterocycles. The highest BCUT2D eigenvalue weighted by Gasteiger charge is 2.18. The van der Waals surface area contributed by atoms with Crippen molar-refractivity contribution in [3.63, 3.8) is 0 Å². The molecule has 112 valence electrons. The van der Waals surface area contributed by atoms with Crippen molar-refractivity contribution in [2.24, 2.45) is 0 Å². The average Bonchev–Trinajstić information content (AvgIpc) is 2.44. The van der Waals surface area contributed by atoms with E-state index in [0.29, 0.717) is 0 Å². The minimum atomic E-state index is -3.64. The van der Waals surface area contributed by atoms with E-state index in [9.17, 15) is 13.2 Å². The average molecular weight is 307 g/mol. The molecule has 21 heavy (non-hydrogen) atoms. The number of nitrogens with one attached hydrogen (secondary N) is 1. The molecule has 0 bridgehead atoms. The third-order valence-electron chi connectivity index (χ3n) is 3.18. The summed E-state index contributed by atoms with van der Waals surface area (Å²) < 4.78 is 27.0. The lowest BCUT2D eigenvalue weighted by atomic mass is 10.1. The standard InChI is InChI=1S/C15H17NO4S/c1-11(6-9-15(17)18)16-21(19,20)14-8-7-12-4-2-3-5-13(12)10-14/h2-5,7-8,10-11,16H,6,9H2,1H3,(H,17,18). The van der Waals surface area contributed by atoms with Crippen molar-refractivity contribution < 1.29 is 18.3 Å². The van der Waals surface area contributed by atoms with Gasteiger partial charge < -0.3 is 5.11 Å². The van der Waals surface area contributed by atoms with E-state index in [2.05, 4.69) is 4.72 Å². The van der Waals surface area contributed by atoms with Crippen LogP contribution in [0.3, 0.4) is 0 Å². The Kier molecular flexibility index (Phi) is 4.59. The van der Waals surface area contributed by atoms with Gasteiger partial charge in [-0.25, -0.2) is 13.1 Å². The summed E-state index contributed by atoms with van der Waals surface area (Å²) in [7, 11) is -3.64. The van der Waals surface area contributed by atoms with Crippen LogP contribution < -0.4 is 4.72 Å². The second-order valence-corrected chi connectivity index (χ2v) is 6.68. The van der Waals surface area contributed by atoms with Gasteiger partial charge in [0.25, 0.3) is 0 Å². The van der Waals surface area contributed by atoms with Gasteiger partial charge in [-0.15, -0.1) is 0 Å². The quantitative estimate of drug-likeness (QED) is 0.858. The van der Waals surface area contributed by atoms with E-state index >= 15 is 0 Å². The molecule has 2 aromatic rings. The minimum absolute atomic E-state index is 0.0680. The molecule has 0 fully saturated rings. The van der Waals surface area contributed by atoms with E-state index in [0.717, 1.165) is 10.8 Å². The van der Waals surface area contributed by atoms with Gasteiger partial charge in [-0.05, 0) is 36.2 Å². The number of sulfonamides is 1. The SMILES string of the molecule is CC(CCC(=O)O)NS(=O)(=O)c1ccc2ccccc2c1. The van der Waals surface area contributed by atoms with E-state index in [1.807, 2.05) is 24.3 Å². The van der Waals surface area contributed by atoms with Gasteiger partial charge in [0.2, 0.25) is 10.0 Å². The Labute approximate surface area is 123 Å². The fourth-order valence-corrected chi connectivity index (χ4v) is 3.38. The number of carboxylic acid groups (broad SMARTS) is 1. The van der Waals surface area contributed by atoms with Crippen LogP contribution in [0.25, 0.3) is 10.8 Å². The van der Waals surface area contributed by atoms with Crippen molar-refractivity contribution in [3.8, 4) is 0 Å². The molecule has 0 amide bonds. The van der Waals surface area contributed by atoms with Crippen molar-refractivity contribution in [3.05, 3.63) is 42.5 Å². The number of aliphatic carboxylic acids is 1. The Balaban J connectivity index is 2.19. The molecule has 1 unspecified atom stereocenters. The monoisotopic (exact) mass is 307 g/mol. The van der Waals surface area contributed by atoms with Crippen molar-refractivity contribution >= 4 is 26.8 Å². The summed E-state index contributed by atoms with van der Waals surface area (Å²) in [5, 5.41) is 10.4. The van der Waals surface area contributed by atoms with Crippen LogP contribution in [0.5, 0.6) is 0 Å². The normalized spacial score (nSPS) is 13.2. The number of fused-ring (bicyclic) bond motifs is 1. The van der Waals surface area contributed by atoms with Crippen molar-refractivity contribution in [1.82, 2.24) is 4.72 Å². The van der Waals surface area contributed by atoms with Crippen molar-refractivity contribution in [2.45, 2.75) is 30.7 Å². The third kappa shape index (κ3) is 4.03. The highest BCUT2D eigenvalue weighted by Crippen LogP contribution is 2.19. The topological polar surface area (TPSA) is 83.5 Å². The van der Waals surface area contributed by atoms with E-state index in [-0.39, 0.29) is 17.7 Å². The summed E-state index contributed by atoms with van der Waals surface area (Å²) in [5.74, 6) is -0.938. The zero-order chi connectivity index (χ0) is 15.5.